The lowest BCUT2D eigenvalue weighted by molar-refractivity contribution is 0.0720. The van der Waals surface area contributed by atoms with Crippen LogP contribution in [0.15, 0.2) is 30.3 Å². The molecule has 0 saturated heterocycles. The number of rotatable bonds is 4. The Balaban J connectivity index is 2.23. The minimum absolute atomic E-state index is 0.324. The molecule has 5 nitrogen and oxygen atoms in total. The first kappa shape index (κ1) is 12.6. The monoisotopic (exact) mass is 248 g/mol. The third kappa shape index (κ3) is 2.37. The highest BCUT2D eigenvalue weighted by molar-refractivity contribution is 5.98. The van der Waals surface area contributed by atoms with Gasteiger partial charge in [0, 0.05) is 10.9 Å². The molecule has 1 heterocycles. The second kappa shape index (κ2) is 4.80. The molecule has 0 radical (unpaired) electrons. The summed E-state index contributed by atoms with van der Waals surface area (Å²) < 4.78 is 0. The highest BCUT2D eigenvalue weighted by Crippen LogP contribution is 2.15. The fraction of sp³-hybridized carbons (Fsp3) is 0.308. The standard InChI is InChI=1S/C13H16N2O3/c1-13(7-16,8-17)15-12(18)11-6-9-4-2-3-5-10(9)14-11/h2-6,14,16-17H,7-8H2,1H3,(H,15,18). The first-order valence-electron chi connectivity index (χ1n) is 5.70. The van der Waals surface area contributed by atoms with Crippen molar-refractivity contribution in [1.82, 2.24) is 10.3 Å². The van der Waals surface area contributed by atoms with E-state index < -0.39 is 5.54 Å². The molecule has 18 heavy (non-hydrogen) atoms. The van der Waals surface area contributed by atoms with Gasteiger partial charge in [0.2, 0.25) is 0 Å². The fourth-order valence-electron chi connectivity index (χ4n) is 1.67. The van der Waals surface area contributed by atoms with Crippen molar-refractivity contribution < 1.29 is 15.0 Å². The number of carbonyl (C=O) groups is 1. The largest absolute Gasteiger partial charge is 0.394 e. The zero-order valence-corrected chi connectivity index (χ0v) is 10.1. The van der Waals surface area contributed by atoms with Gasteiger partial charge in [-0.3, -0.25) is 4.79 Å². The van der Waals surface area contributed by atoms with Crippen LogP contribution in [0.2, 0.25) is 0 Å². The molecule has 0 aliphatic rings. The van der Waals surface area contributed by atoms with Gasteiger partial charge in [-0.15, -0.1) is 0 Å². The number of H-pyrrole nitrogens is 1. The molecule has 1 aromatic carbocycles. The van der Waals surface area contributed by atoms with E-state index in [1.54, 1.807) is 13.0 Å². The van der Waals surface area contributed by atoms with Gasteiger partial charge < -0.3 is 20.5 Å². The predicted molar refractivity (Wildman–Crippen MR) is 68.3 cm³/mol. The summed E-state index contributed by atoms with van der Waals surface area (Å²) in [4.78, 5) is 15.0. The Morgan fingerprint density at radius 2 is 2.00 bits per heavy atom. The van der Waals surface area contributed by atoms with Gasteiger partial charge in [-0.2, -0.15) is 0 Å². The lowest BCUT2D eigenvalue weighted by Gasteiger charge is -2.25. The Bertz CT molecular complexity index is 525. The van der Waals surface area contributed by atoms with Crippen LogP contribution in [-0.2, 0) is 0 Å². The van der Waals surface area contributed by atoms with E-state index in [1.165, 1.54) is 0 Å². The van der Waals surface area contributed by atoms with Crippen molar-refractivity contribution in [2.75, 3.05) is 13.2 Å². The molecule has 2 aromatic rings. The lowest BCUT2D eigenvalue weighted by Crippen LogP contribution is -2.51. The van der Waals surface area contributed by atoms with Crippen LogP contribution in [0.3, 0.4) is 0 Å². The number of aromatic amines is 1. The molecule has 4 N–H and O–H groups in total. The number of hydrogen-bond donors (Lipinski definition) is 4. The number of hydrogen-bond acceptors (Lipinski definition) is 3. The highest BCUT2D eigenvalue weighted by atomic mass is 16.3. The van der Waals surface area contributed by atoms with Crippen LogP contribution < -0.4 is 5.32 Å². The van der Waals surface area contributed by atoms with Crippen molar-refractivity contribution in [2.45, 2.75) is 12.5 Å². The molecule has 0 unspecified atom stereocenters. The molecular formula is C13H16N2O3. The highest BCUT2D eigenvalue weighted by Gasteiger charge is 2.25. The van der Waals surface area contributed by atoms with Crippen molar-refractivity contribution >= 4 is 16.8 Å². The summed E-state index contributed by atoms with van der Waals surface area (Å²) in [5.41, 5.74) is 0.260. The molecule has 0 aliphatic carbocycles. The Morgan fingerprint density at radius 1 is 1.33 bits per heavy atom. The van der Waals surface area contributed by atoms with Gasteiger partial charge in [0.15, 0.2) is 0 Å². The van der Waals surface area contributed by atoms with Gasteiger partial charge in [-0.1, -0.05) is 18.2 Å². The van der Waals surface area contributed by atoms with Crippen molar-refractivity contribution in [2.24, 2.45) is 0 Å². The molecule has 96 valence electrons. The van der Waals surface area contributed by atoms with E-state index in [0.717, 1.165) is 10.9 Å². The number of aromatic nitrogens is 1. The summed E-state index contributed by atoms with van der Waals surface area (Å²) in [6.07, 6.45) is 0. The van der Waals surface area contributed by atoms with Crippen molar-refractivity contribution in [3.63, 3.8) is 0 Å². The number of nitrogens with one attached hydrogen (secondary N) is 2. The molecule has 0 aliphatic heterocycles. The summed E-state index contributed by atoms with van der Waals surface area (Å²) in [7, 11) is 0. The maximum atomic E-state index is 12.0. The molecular weight excluding hydrogens is 232 g/mol. The molecule has 0 bridgehead atoms. The Labute approximate surface area is 104 Å². The minimum Gasteiger partial charge on any atom is -0.394 e. The van der Waals surface area contributed by atoms with Gasteiger partial charge >= 0.3 is 0 Å². The van der Waals surface area contributed by atoms with E-state index in [0.29, 0.717) is 5.69 Å². The van der Waals surface area contributed by atoms with Gasteiger partial charge in [0.25, 0.3) is 5.91 Å². The number of fused-ring (bicyclic) bond motifs is 1. The summed E-state index contributed by atoms with van der Waals surface area (Å²) in [5.74, 6) is -0.350. The summed E-state index contributed by atoms with van der Waals surface area (Å²) in [5, 5.41) is 21.8. The van der Waals surface area contributed by atoms with Gasteiger partial charge in [-0.05, 0) is 19.1 Å². The first-order valence-corrected chi connectivity index (χ1v) is 5.70. The maximum Gasteiger partial charge on any atom is 0.268 e. The van der Waals surface area contributed by atoms with Crippen LogP contribution in [0, 0.1) is 0 Å². The SMILES string of the molecule is CC(CO)(CO)NC(=O)c1cc2ccccc2[nH]1. The quantitative estimate of drug-likeness (QED) is 0.640. The number of carbonyl (C=O) groups excluding carboxylic acids is 1. The van der Waals surface area contributed by atoms with Gasteiger partial charge in [0.05, 0.1) is 18.8 Å². The average molecular weight is 248 g/mol. The fourth-order valence-corrected chi connectivity index (χ4v) is 1.67. The normalized spacial score (nSPS) is 11.7. The first-order chi connectivity index (χ1) is 8.58. The lowest BCUT2D eigenvalue weighted by atomic mass is 10.1. The predicted octanol–water partition coefficient (Wildman–Crippen LogP) is 0.641. The average Bonchev–Trinajstić information content (AvgIpc) is 2.82. The van der Waals surface area contributed by atoms with Crippen LogP contribution in [0.4, 0.5) is 0 Å². The molecule has 1 aromatic heterocycles. The molecule has 2 rings (SSSR count). The van der Waals surface area contributed by atoms with Crippen LogP contribution in [0.25, 0.3) is 10.9 Å². The van der Waals surface area contributed by atoms with E-state index in [4.69, 9.17) is 10.2 Å². The van der Waals surface area contributed by atoms with E-state index in [2.05, 4.69) is 10.3 Å². The molecule has 0 spiro atoms. The van der Waals surface area contributed by atoms with E-state index in [-0.39, 0.29) is 19.1 Å². The van der Waals surface area contributed by atoms with E-state index in [1.807, 2.05) is 24.3 Å². The van der Waals surface area contributed by atoms with E-state index in [9.17, 15) is 4.79 Å². The number of benzene rings is 1. The maximum absolute atomic E-state index is 12.0. The third-order valence-electron chi connectivity index (χ3n) is 2.89. The number of aliphatic hydroxyl groups is 2. The minimum atomic E-state index is -1.02. The second-order valence-electron chi connectivity index (χ2n) is 4.60. The zero-order chi connectivity index (χ0) is 13.2. The van der Waals surface area contributed by atoms with Crippen molar-refractivity contribution in [1.29, 1.82) is 0 Å². The topological polar surface area (TPSA) is 85.3 Å². The van der Waals surface area contributed by atoms with Crippen LogP contribution >= 0.6 is 0 Å². The Hall–Kier alpha value is -1.85. The molecule has 0 saturated carbocycles. The van der Waals surface area contributed by atoms with Gasteiger partial charge in [-0.25, -0.2) is 0 Å². The Kier molecular flexibility index (Phi) is 3.36. The Morgan fingerprint density at radius 3 is 2.61 bits per heavy atom. The van der Waals surface area contributed by atoms with Crippen molar-refractivity contribution in [3.8, 4) is 0 Å². The third-order valence-corrected chi connectivity index (χ3v) is 2.89. The number of aliphatic hydroxyl groups excluding tert-OH is 2. The van der Waals surface area contributed by atoms with Crippen LogP contribution in [0.1, 0.15) is 17.4 Å². The van der Waals surface area contributed by atoms with Crippen LogP contribution in [0.5, 0.6) is 0 Å². The summed E-state index contributed by atoms with van der Waals surface area (Å²) in [6, 6.07) is 9.29. The second-order valence-corrected chi connectivity index (χ2v) is 4.60. The van der Waals surface area contributed by atoms with Crippen LogP contribution in [-0.4, -0.2) is 39.9 Å². The molecule has 5 heteroatoms. The number of amides is 1. The zero-order valence-electron chi connectivity index (χ0n) is 10.1. The van der Waals surface area contributed by atoms with Crippen molar-refractivity contribution in [3.05, 3.63) is 36.0 Å². The molecule has 0 fully saturated rings. The number of para-hydroxylation sites is 1. The summed E-state index contributed by atoms with van der Waals surface area (Å²) in [6.45, 7) is 0.929. The van der Waals surface area contributed by atoms with Gasteiger partial charge in [0.1, 0.15) is 5.69 Å². The smallest absolute Gasteiger partial charge is 0.268 e. The summed E-state index contributed by atoms with van der Waals surface area (Å²) >= 11 is 0. The molecule has 0 atom stereocenters. The van der Waals surface area contributed by atoms with E-state index >= 15 is 0 Å². The molecule has 1 amide bonds.